The average molecular weight is 374 g/mol. The molecule has 1 aromatic rings. The summed E-state index contributed by atoms with van der Waals surface area (Å²) in [6, 6.07) is 7.06. The van der Waals surface area contributed by atoms with Gasteiger partial charge in [0.2, 0.25) is 10.0 Å². The van der Waals surface area contributed by atoms with Gasteiger partial charge >= 0.3 is 0 Å². The second-order valence-corrected chi connectivity index (χ2v) is 10.2. The third-order valence-electron chi connectivity index (χ3n) is 6.58. The fourth-order valence-electron chi connectivity index (χ4n) is 5.14. The van der Waals surface area contributed by atoms with E-state index in [1.165, 1.54) is 11.1 Å². The van der Waals surface area contributed by atoms with Crippen LogP contribution >= 0.6 is 0 Å². The number of sulfonamides is 1. The molecule has 0 radical (unpaired) electrons. The summed E-state index contributed by atoms with van der Waals surface area (Å²) in [6.45, 7) is 5.11. The van der Waals surface area contributed by atoms with E-state index in [-0.39, 0.29) is 11.8 Å². The van der Waals surface area contributed by atoms with Crippen LogP contribution in [0.3, 0.4) is 0 Å². The molecule has 1 aliphatic heterocycles. The van der Waals surface area contributed by atoms with Crippen LogP contribution in [-0.2, 0) is 14.8 Å². The molecule has 26 heavy (non-hydrogen) atoms. The van der Waals surface area contributed by atoms with Gasteiger partial charge in [-0.25, -0.2) is 8.42 Å². The Kier molecular flexibility index (Phi) is 4.56. The molecule has 3 aliphatic rings. The standard InChI is InChI=1S/C21H27NO3S/c1-14-6-8-19(9-7-14)26(24,25)22-12-17-11-18(23)10-16-4-3-5-20(16)15(2)21(17)13-22/h6-9,16-17,21H,3-5,10-13H2,1-2H3/b20-15-/t16-,17+,21-/m0/s1. The van der Waals surface area contributed by atoms with E-state index in [4.69, 9.17) is 0 Å². The number of rotatable bonds is 2. The fraction of sp³-hybridized carbons (Fsp3) is 0.571. The van der Waals surface area contributed by atoms with Crippen molar-refractivity contribution in [2.24, 2.45) is 17.8 Å². The van der Waals surface area contributed by atoms with Crippen LogP contribution in [0.25, 0.3) is 0 Å². The van der Waals surface area contributed by atoms with Gasteiger partial charge in [0.1, 0.15) is 5.78 Å². The molecule has 0 N–H and O–H groups in total. The van der Waals surface area contributed by atoms with E-state index in [1.807, 2.05) is 19.1 Å². The van der Waals surface area contributed by atoms with Gasteiger partial charge in [-0.05, 0) is 63.0 Å². The van der Waals surface area contributed by atoms with Crippen LogP contribution < -0.4 is 0 Å². The van der Waals surface area contributed by atoms with E-state index in [9.17, 15) is 13.2 Å². The zero-order valence-electron chi connectivity index (χ0n) is 15.6. The normalized spacial score (nSPS) is 32.8. The maximum absolute atomic E-state index is 13.1. The van der Waals surface area contributed by atoms with Crippen LogP contribution in [0.2, 0.25) is 0 Å². The molecule has 140 valence electrons. The molecule has 1 saturated heterocycles. The van der Waals surface area contributed by atoms with Gasteiger partial charge in [0, 0.05) is 25.9 Å². The summed E-state index contributed by atoms with van der Waals surface area (Å²) < 4.78 is 27.8. The van der Waals surface area contributed by atoms with Crippen LogP contribution in [0.4, 0.5) is 0 Å². The van der Waals surface area contributed by atoms with Crippen molar-refractivity contribution in [1.29, 1.82) is 0 Å². The minimum atomic E-state index is -3.50. The van der Waals surface area contributed by atoms with Gasteiger partial charge in [0.25, 0.3) is 0 Å². The third-order valence-corrected chi connectivity index (χ3v) is 8.43. The van der Waals surface area contributed by atoms with Crippen molar-refractivity contribution < 1.29 is 13.2 Å². The van der Waals surface area contributed by atoms with Crippen LogP contribution in [0.15, 0.2) is 40.3 Å². The van der Waals surface area contributed by atoms with Crippen molar-refractivity contribution in [3.05, 3.63) is 41.0 Å². The smallest absolute Gasteiger partial charge is 0.243 e. The van der Waals surface area contributed by atoms with Crippen LogP contribution in [-0.4, -0.2) is 31.6 Å². The van der Waals surface area contributed by atoms with E-state index < -0.39 is 10.0 Å². The zero-order valence-corrected chi connectivity index (χ0v) is 16.4. The summed E-state index contributed by atoms with van der Waals surface area (Å²) in [4.78, 5) is 12.9. The Morgan fingerprint density at radius 1 is 1.04 bits per heavy atom. The molecule has 5 heteroatoms. The van der Waals surface area contributed by atoms with E-state index >= 15 is 0 Å². The first-order valence-corrected chi connectivity index (χ1v) is 11.1. The highest BCUT2D eigenvalue weighted by molar-refractivity contribution is 7.89. The van der Waals surface area contributed by atoms with E-state index in [2.05, 4.69) is 6.92 Å². The Morgan fingerprint density at radius 2 is 1.77 bits per heavy atom. The predicted octanol–water partition coefficient (Wildman–Crippen LogP) is 3.71. The van der Waals surface area contributed by atoms with Crippen molar-refractivity contribution in [1.82, 2.24) is 4.31 Å². The number of ketones is 1. The first-order valence-electron chi connectivity index (χ1n) is 9.64. The Balaban J connectivity index is 1.66. The van der Waals surface area contributed by atoms with Gasteiger partial charge < -0.3 is 0 Å². The molecule has 3 atom stereocenters. The second kappa shape index (κ2) is 6.61. The Bertz CT molecular complexity index is 854. The molecule has 1 aromatic carbocycles. The van der Waals surface area contributed by atoms with Crippen molar-refractivity contribution >= 4 is 15.8 Å². The molecule has 2 fully saturated rings. The van der Waals surface area contributed by atoms with E-state index in [0.717, 1.165) is 24.8 Å². The summed E-state index contributed by atoms with van der Waals surface area (Å²) in [5, 5.41) is 0. The minimum Gasteiger partial charge on any atom is -0.300 e. The quantitative estimate of drug-likeness (QED) is 0.743. The molecule has 0 unspecified atom stereocenters. The molecule has 0 aromatic heterocycles. The van der Waals surface area contributed by atoms with Crippen molar-refractivity contribution in [3.8, 4) is 0 Å². The van der Waals surface area contributed by atoms with Crippen molar-refractivity contribution in [2.45, 2.75) is 50.8 Å². The maximum Gasteiger partial charge on any atom is 0.243 e. The number of carbonyl (C=O) groups excluding carboxylic acids is 1. The number of nitrogens with zero attached hydrogens (tertiary/aromatic N) is 1. The number of allylic oxidation sites excluding steroid dienone is 1. The van der Waals surface area contributed by atoms with Crippen LogP contribution in [0.1, 0.15) is 44.6 Å². The lowest BCUT2D eigenvalue weighted by Gasteiger charge is -2.26. The molecule has 0 bridgehead atoms. The molecule has 0 amide bonds. The molecular weight excluding hydrogens is 346 g/mol. The largest absolute Gasteiger partial charge is 0.300 e. The van der Waals surface area contributed by atoms with Gasteiger partial charge in [-0.1, -0.05) is 28.8 Å². The highest BCUT2D eigenvalue weighted by atomic mass is 32.2. The van der Waals surface area contributed by atoms with Gasteiger partial charge in [-0.3, -0.25) is 4.79 Å². The van der Waals surface area contributed by atoms with E-state index in [1.54, 1.807) is 16.4 Å². The summed E-state index contributed by atoms with van der Waals surface area (Å²) in [6.07, 6.45) is 4.53. The number of benzene rings is 1. The van der Waals surface area contributed by atoms with E-state index in [0.29, 0.717) is 42.5 Å². The highest BCUT2D eigenvalue weighted by Crippen LogP contribution is 2.45. The van der Waals surface area contributed by atoms with Crippen molar-refractivity contribution in [2.75, 3.05) is 13.1 Å². The van der Waals surface area contributed by atoms with Gasteiger partial charge in [-0.2, -0.15) is 4.31 Å². The van der Waals surface area contributed by atoms with Crippen molar-refractivity contribution in [3.63, 3.8) is 0 Å². The zero-order chi connectivity index (χ0) is 18.5. The number of hydrogen-bond donors (Lipinski definition) is 0. The Labute approximate surface area is 156 Å². The summed E-state index contributed by atoms with van der Waals surface area (Å²) >= 11 is 0. The van der Waals surface area contributed by atoms with Crippen LogP contribution in [0, 0.1) is 24.7 Å². The molecule has 1 saturated carbocycles. The average Bonchev–Trinajstić information content (AvgIpc) is 3.21. The highest BCUT2D eigenvalue weighted by Gasteiger charge is 2.43. The predicted molar refractivity (Wildman–Crippen MR) is 101 cm³/mol. The third kappa shape index (κ3) is 3.05. The topological polar surface area (TPSA) is 54.5 Å². The number of aryl methyl sites for hydroxylation is 1. The lowest BCUT2D eigenvalue weighted by molar-refractivity contribution is -0.120. The molecule has 0 spiro atoms. The molecule has 4 nitrogen and oxygen atoms in total. The first kappa shape index (κ1) is 17.9. The lowest BCUT2D eigenvalue weighted by atomic mass is 9.77. The summed E-state index contributed by atoms with van der Waals surface area (Å²) in [7, 11) is -3.50. The number of Topliss-reactive ketones (excluding diaryl/α,β-unsaturated/α-hetero) is 1. The maximum atomic E-state index is 13.1. The molecule has 1 heterocycles. The monoisotopic (exact) mass is 373 g/mol. The SMILES string of the molecule is C/C1=C2\CCC[C@H]2CC(=O)C[C@@H]2CN(S(=O)(=O)c3ccc(C)cc3)C[C@@H]12. The second-order valence-electron chi connectivity index (χ2n) is 8.25. The minimum absolute atomic E-state index is 0.122. The number of carbonyl (C=O) groups is 1. The molecule has 4 rings (SSSR count). The van der Waals surface area contributed by atoms with Gasteiger partial charge in [0.15, 0.2) is 0 Å². The molecule has 2 aliphatic carbocycles. The summed E-state index contributed by atoms with van der Waals surface area (Å²) in [5.74, 6) is 1.03. The summed E-state index contributed by atoms with van der Waals surface area (Å²) in [5.41, 5.74) is 3.86. The number of fused-ring (bicyclic) bond motifs is 2. The first-order chi connectivity index (χ1) is 12.4. The Morgan fingerprint density at radius 3 is 2.50 bits per heavy atom. The Hall–Kier alpha value is -1.46. The van der Waals surface area contributed by atoms with Gasteiger partial charge in [0.05, 0.1) is 4.90 Å². The molecular formula is C21H27NO3S. The number of hydrogen-bond acceptors (Lipinski definition) is 3. The lowest BCUT2D eigenvalue weighted by Crippen LogP contribution is -2.29. The fourth-order valence-corrected chi connectivity index (χ4v) is 6.66. The van der Waals surface area contributed by atoms with Crippen LogP contribution in [0.5, 0.6) is 0 Å². The van der Waals surface area contributed by atoms with Gasteiger partial charge in [-0.15, -0.1) is 0 Å².